The number of ether oxygens (including phenoxy) is 6. The Morgan fingerprint density at radius 3 is 1.51 bits per heavy atom. The SMILES string of the molecule is CCOC(=O)c1oc(C)nc1-c1ccccc1I.CCOC(=O)c1oc(C)nc1-c1ccccc1I=C1C(=O)OC2(CCCC2)OC1=O.O=C(O)c1ccccc1I.O=C1CC(=O)OC2(CCCC2)O1. The Bertz CT molecular complexity index is 2760. The molecule has 3 aromatic carbocycles. The Morgan fingerprint density at radius 1 is 0.629 bits per heavy atom. The minimum atomic E-state index is -1.25. The van der Waals surface area contributed by atoms with Gasteiger partial charge in [-0.05, 0) is 109 Å². The zero-order valence-electron chi connectivity index (χ0n) is 38.3. The average Bonchev–Trinajstić information content (AvgIpc) is 4.14. The molecule has 9 rings (SSSR count). The highest BCUT2D eigenvalue weighted by Crippen LogP contribution is 2.40. The van der Waals surface area contributed by atoms with Crippen LogP contribution < -0.4 is 0 Å². The number of oxazole rings is 2. The van der Waals surface area contributed by atoms with E-state index in [4.69, 9.17) is 42.4 Å². The fourth-order valence-electron chi connectivity index (χ4n) is 7.48. The van der Waals surface area contributed by atoms with Crippen molar-refractivity contribution in [3.05, 3.63) is 112 Å². The van der Waals surface area contributed by atoms with Crippen LogP contribution in [0.15, 0.2) is 81.6 Å². The molecule has 4 fully saturated rings. The van der Waals surface area contributed by atoms with E-state index in [0.29, 0.717) is 66.6 Å². The number of aromatic nitrogens is 2. The molecule has 2 aromatic heterocycles. The zero-order valence-corrected chi connectivity index (χ0v) is 44.8. The second kappa shape index (κ2) is 24.5. The van der Waals surface area contributed by atoms with Crippen LogP contribution in [-0.4, -0.2) is 85.2 Å². The summed E-state index contributed by atoms with van der Waals surface area (Å²) in [5, 5.41) is 8.56. The lowest BCUT2D eigenvalue weighted by Gasteiger charge is -2.32. The topological polar surface area (TPSA) is 247 Å². The highest BCUT2D eigenvalue weighted by Gasteiger charge is 2.48. The summed E-state index contributed by atoms with van der Waals surface area (Å²) >= 11 is 2.94. The molecule has 0 atom stereocenters. The normalized spacial score (nSPS) is 16.2. The molecule has 21 heteroatoms. The number of nitrogens with zero attached hydrogens (tertiary/aromatic N) is 2. The van der Waals surface area contributed by atoms with Gasteiger partial charge >= 0.3 is 41.8 Å². The number of rotatable bonds is 8. The van der Waals surface area contributed by atoms with Gasteiger partial charge < -0.3 is 42.4 Å². The van der Waals surface area contributed by atoms with Crippen LogP contribution in [0.25, 0.3) is 22.5 Å². The molecule has 70 heavy (non-hydrogen) atoms. The Balaban J connectivity index is 0.000000169. The van der Waals surface area contributed by atoms with E-state index in [1.807, 2.05) is 52.9 Å². The van der Waals surface area contributed by atoms with Gasteiger partial charge in [-0.2, -0.15) is 0 Å². The molecule has 18 nitrogen and oxygen atoms in total. The second-order valence-electron chi connectivity index (χ2n) is 15.6. The van der Waals surface area contributed by atoms with Crippen molar-refractivity contribution in [3.8, 4) is 22.5 Å². The molecule has 2 aliphatic heterocycles. The number of benzene rings is 3. The minimum absolute atomic E-state index is 0.00508. The van der Waals surface area contributed by atoms with E-state index in [9.17, 15) is 33.6 Å². The fraction of sp³-hybridized carbons (Fsp3) is 0.347. The van der Waals surface area contributed by atoms with Crippen LogP contribution in [-0.2, 0) is 47.6 Å². The highest BCUT2D eigenvalue weighted by atomic mass is 127. The first kappa shape index (κ1) is 53.8. The van der Waals surface area contributed by atoms with E-state index in [0.717, 1.165) is 42.0 Å². The monoisotopic (exact) mass is 1300 g/mol. The number of hydrogen-bond acceptors (Lipinski definition) is 17. The molecule has 370 valence electrons. The van der Waals surface area contributed by atoms with Gasteiger partial charge in [0.05, 0.1) is 18.8 Å². The van der Waals surface area contributed by atoms with Crippen molar-refractivity contribution >= 4 is 111 Å². The molecule has 0 bridgehead atoms. The van der Waals surface area contributed by atoms with Crippen molar-refractivity contribution in [2.45, 2.75) is 97.1 Å². The van der Waals surface area contributed by atoms with Gasteiger partial charge in [0.2, 0.25) is 11.5 Å². The van der Waals surface area contributed by atoms with Crippen LogP contribution in [0, 0.1) is 24.6 Å². The Labute approximate surface area is 438 Å². The number of halogens is 3. The van der Waals surface area contributed by atoms with Crippen molar-refractivity contribution in [1.82, 2.24) is 9.97 Å². The van der Waals surface area contributed by atoms with Gasteiger partial charge in [0.25, 0.3) is 11.6 Å². The van der Waals surface area contributed by atoms with Crippen molar-refractivity contribution in [2.24, 2.45) is 0 Å². The van der Waals surface area contributed by atoms with Crippen LogP contribution in [0.2, 0.25) is 0 Å². The Hall–Kier alpha value is -5.57. The van der Waals surface area contributed by atoms with Crippen molar-refractivity contribution in [1.29, 1.82) is 0 Å². The zero-order chi connectivity index (χ0) is 50.6. The van der Waals surface area contributed by atoms with Crippen LogP contribution >= 0.6 is 65.9 Å². The van der Waals surface area contributed by atoms with E-state index in [-0.39, 0.29) is 28.1 Å². The summed E-state index contributed by atoms with van der Waals surface area (Å²) in [6, 6.07) is 21.7. The second-order valence-corrected chi connectivity index (χ2v) is 20.7. The lowest BCUT2D eigenvalue weighted by Crippen LogP contribution is -2.48. The average molecular weight is 1300 g/mol. The van der Waals surface area contributed by atoms with Gasteiger partial charge in [0.1, 0.15) is 17.8 Å². The van der Waals surface area contributed by atoms with Crippen LogP contribution in [0.4, 0.5) is 0 Å². The summed E-state index contributed by atoms with van der Waals surface area (Å²) in [5.74, 6) is -5.15. The van der Waals surface area contributed by atoms with Gasteiger partial charge in [0.15, 0.2) is 15.3 Å². The quantitative estimate of drug-likeness (QED) is 0.0657. The Morgan fingerprint density at radius 2 is 1.06 bits per heavy atom. The van der Waals surface area contributed by atoms with E-state index in [2.05, 4.69) is 32.6 Å². The van der Waals surface area contributed by atoms with E-state index in [1.54, 1.807) is 70.2 Å². The molecule has 4 aliphatic rings. The number of carboxylic acids is 1. The van der Waals surface area contributed by atoms with Gasteiger partial charge in [-0.25, -0.2) is 33.9 Å². The van der Waals surface area contributed by atoms with Crippen molar-refractivity contribution in [2.75, 3.05) is 13.2 Å². The highest BCUT2D eigenvalue weighted by molar-refractivity contribution is 14.2. The predicted octanol–water partition coefficient (Wildman–Crippen LogP) is 9.68. The third-order valence-electron chi connectivity index (χ3n) is 10.5. The molecular weight excluding hydrogens is 1250 g/mol. The fourth-order valence-corrected chi connectivity index (χ4v) is 11.1. The van der Waals surface area contributed by atoms with E-state index in [1.165, 1.54) is 0 Å². The largest absolute Gasteiger partial charge is 0.478 e. The maximum absolute atomic E-state index is 12.6. The first-order chi connectivity index (χ1) is 33.5. The van der Waals surface area contributed by atoms with Gasteiger partial charge in [-0.3, -0.25) is 9.59 Å². The van der Waals surface area contributed by atoms with Crippen LogP contribution in [0.3, 0.4) is 0 Å². The molecule has 1 N–H and O–H groups in total. The predicted molar refractivity (Wildman–Crippen MR) is 273 cm³/mol. The molecule has 2 aliphatic carbocycles. The number of carbonyl (C=O) groups is 7. The lowest BCUT2D eigenvalue weighted by atomic mass is 10.1. The maximum atomic E-state index is 12.6. The van der Waals surface area contributed by atoms with Gasteiger partial charge in [-0.1, -0.05) is 69.3 Å². The third-order valence-corrected chi connectivity index (χ3v) is 15.3. The molecule has 2 saturated carbocycles. The molecule has 5 aromatic rings. The van der Waals surface area contributed by atoms with Gasteiger partial charge in [-0.15, -0.1) is 0 Å². The van der Waals surface area contributed by atoms with Crippen molar-refractivity contribution < 1.29 is 75.9 Å². The molecule has 0 unspecified atom stereocenters. The molecular formula is C49H47I3N2O16. The van der Waals surface area contributed by atoms with Gasteiger partial charge in [0, 0.05) is 61.4 Å². The number of aryl methyl sites for hydroxylation is 2. The maximum Gasteiger partial charge on any atom is 0.376 e. The molecule has 0 radical (unpaired) electrons. The summed E-state index contributed by atoms with van der Waals surface area (Å²) in [6.07, 6.45) is 5.78. The summed E-state index contributed by atoms with van der Waals surface area (Å²) in [7, 11) is 0. The number of carbonyl (C=O) groups excluding carboxylic acids is 6. The van der Waals surface area contributed by atoms with E-state index < -0.39 is 74.1 Å². The summed E-state index contributed by atoms with van der Waals surface area (Å²) in [6.45, 7) is 7.31. The number of hydrogen-bond donors (Lipinski definition) is 1. The number of aromatic carboxylic acids is 1. The third kappa shape index (κ3) is 13.6. The van der Waals surface area contributed by atoms with Crippen LogP contribution in [0.1, 0.15) is 115 Å². The lowest BCUT2D eigenvalue weighted by molar-refractivity contribution is -0.241. The van der Waals surface area contributed by atoms with Crippen molar-refractivity contribution in [3.63, 3.8) is 0 Å². The molecule has 2 spiro atoms. The van der Waals surface area contributed by atoms with E-state index >= 15 is 0 Å². The summed E-state index contributed by atoms with van der Waals surface area (Å²) in [5.41, 5.74) is 2.71. The molecule has 0 amide bonds. The van der Waals surface area contributed by atoms with Crippen LogP contribution in [0.5, 0.6) is 0 Å². The number of esters is 6. The standard InChI is InChI=1S/C21H20INO7.C13H12INO3.C8H10O4.C7H5IO2/c1-3-27-20(26)17-16(23-12(2)28-17)13-8-4-5-9-14(13)22-15-18(24)29-21(30-19(15)25)10-6-7-11-21;1-3-17-13(16)12-11(15-8(2)18-12)9-6-4-5-7-10(9)14;9-6-5-7(10)12-8(11-6)3-1-2-4-8;8-6-4-2-1-3-5(6)7(9)10/h4-5,8-9H,3,6-7,10-11H2,1-2H3;4-7H,3H2,1-2H3;1-5H2;1-4H,(H,9,10). The number of carboxylic acid groups (broad SMARTS) is 1. The smallest absolute Gasteiger partial charge is 0.376 e. The molecule has 2 saturated heterocycles. The summed E-state index contributed by atoms with van der Waals surface area (Å²) < 4.78 is 44.5. The first-order valence-electron chi connectivity index (χ1n) is 22.0. The summed E-state index contributed by atoms with van der Waals surface area (Å²) in [4.78, 5) is 90.2. The Kier molecular flexibility index (Phi) is 18.8. The minimum Gasteiger partial charge on any atom is -0.478 e. The molecule has 4 heterocycles. The first-order valence-corrected chi connectivity index (χ1v) is 26.3.